The molecule has 3 rings (SSSR count). The first-order valence-electron chi connectivity index (χ1n) is 16.7. The number of nitrogens with one attached hydrogen (secondary N) is 1. The number of carbonyl (C=O) groups excluding carboxylic acids is 1. The standard InChI is InChI=1S/C34H59N3O7/c1-9-30-25(4)23(2)28(7)34(43-30)42-22-31-26(5)24(3)27(6)33(44-31)41-21-20-40-19-18-39-17-15-36-32(38)12-16-37(8)29-10-13-35-14-11-29/h10-11,13-14,23-28,30-31,33-34H,9,12,15-22H2,1-8H3,(H,36,38)/t23?,24?,25-,26-,27?,28?,30?,31?,33-,34-/m0/s1. The Morgan fingerprint density at radius 1 is 0.795 bits per heavy atom. The zero-order chi connectivity index (χ0) is 32.1. The van der Waals surface area contributed by atoms with Gasteiger partial charge in [0.1, 0.15) is 0 Å². The van der Waals surface area contributed by atoms with Crippen LogP contribution in [-0.2, 0) is 33.2 Å². The fourth-order valence-corrected chi connectivity index (χ4v) is 6.09. The van der Waals surface area contributed by atoms with Crippen LogP contribution in [0, 0.1) is 35.5 Å². The van der Waals surface area contributed by atoms with Gasteiger partial charge in [0.05, 0.1) is 51.8 Å². The summed E-state index contributed by atoms with van der Waals surface area (Å²) in [5.74, 6) is 2.48. The van der Waals surface area contributed by atoms with E-state index in [2.05, 4.69) is 58.8 Å². The molecular weight excluding hydrogens is 562 g/mol. The Hall–Kier alpha value is -1.82. The van der Waals surface area contributed by atoms with Crippen LogP contribution in [-0.4, -0.2) is 95.5 Å². The average Bonchev–Trinajstić information content (AvgIpc) is 3.03. The van der Waals surface area contributed by atoms with Gasteiger partial charge in [-0.2, -0.15) is 0 Å². The van der Waals surface area contributed by atoms with E-state index in [1.54, 1.807) is 12.4 Å². The van der Waals surface area contributed by atoms with Crippen LogP contribution in [0.1, 0.15) is 61.3 Å². The highest BCUT2D eigenvalue weighted by molar-refractivity contribution is 5.76. The molecular formula is C34H59N3O7. The molecule has 2 aliphatic rings. The second-order valence-corrected chi connectivity index (χ2v) is 12.8. The third kappa shape index (κ3) is 10.9. The van der Waals surface area contributed by atoms with E-state index in [0.29, 0.717) is 88.7 Å². The van der Waals surface area contributed by atoms with Crippen molar-refractivity contribution < 1.29 is 33.2 Å². The van der Waals surface area contributed by atoms with E-state index in [0.717, 1.165) is 12.1 Å². The summed E-state index contributed by atoms with van der Waals surface area (Å²) in [6.45, 7) is 19.6. The smallest absolute Gasteiger partial charge is 0.221 e. The van der Waals surface area contributed by atoms with Gasteiger partial charge in [-0.3, -0.25) is 9.78 Å². The highest BCUT2D eigenvalue weighted by atomic mass is 16.7. The number of amides is 1. The lowest BCUT2D eigenvalue weighted by Crippen LogP contribution is -2.50. The van der Waals surface area contributed by atoms with Crippen LogP contribution < -0.4 is 10.2 Å². The molecule has 6 unspecified atom stereocenters. The van der Waals surface area contributed by atoms with Gasteiger partial charge in [-0.25, -0.2) is 0 Å². The molecule has 3 heterocycles. The Morgan fingerprint density at radius 3 is 2.02 bits per heavy atom. The quantitative estimate of drug-likeness (QED) is 0.233. The summed E-state index contributed by atoms with van der Waals surface area (Å²) in [6, 6.07) is 3.85. The Bertz CT molecular complexity index is 939. The monoisotopic (exact) mass is 621 g/mol. The average molecular weight is 622 g/mol. The fraction of sp³-hybridized carbons (Fsp3) is 0.824. The molecule has 0 bridgehead atoms. The van der Waals surface area contributed by atoms with Gasteiger partial charge >= 0.3 is 0 Å². The van der Waals surface area contributed by atoms with Gasteiger partial charge in [-0.15, -0.1) is 0 Å². The van der Waals surface area contributed by atoms with E-state index < -0.39 is 0 Å². The predicted molar refractivity (Wildman–Crippen MR) is 171 cm³/mol. The first-order valence-corrected chi connectivity index (χ1v) is 16.7. The maximum Gasteiger partial charge on any atom is 0.221 e. The van der Waals surface area contributed by atoms with Crippen molar-refractivity contribution in [1.82, 2.24) is 10.3 Å². The summed E-state index contributed by atoms with van der Waals surface area (Å²) in [5.41, 5.74) is 1.04. The molecule has 252 valence electrons. The van der Waals surface area contributed by atoms with Gasteiger partial charge in [0.2, 0.25) is 5.91 Å². The van der Waals surface area contributed by atoms with Crippen molar-refractivity contribution in [2.75, 3.05) is 64.7 Å². The summed E-state index contributed by atoms with van der Waals surface area (Å²) in [5, 5.41) is 2.90. The molecule has 0 aliphatic carbocycles. The molecule has 10 heteroatoms. The van der Waals surface area contributed by atoms with E-state index in [9.17, 15) is 4.79 Å². The summed E-state index contributed by atoms with van der Waals surface area (Å²) in [4.78, 5) is 18.1. The van der Waals surface area contributed by atoms with Crippen molar-refractivity contribution in [1.29, 1.82) is 0 Å². The van der Waals surface area contributed by atoms with Gasteiger partial charge in [-0.05, 0) is 42.2 Å². The number of nitrogens with zero attached hydrogens (tertiary/aromatic N) is 2. The summed E-state index contributed by atoms with van der Waals surface area (Å²) in [6.07, 6.45) is 4.60. The minimum Gasteiger partial charge on any atom is -0.377 e. The van der Waals surface area contributed by atoms with E-state index >= 15 is 0 Å². The molecule has 0 saturated carbocycles. The summed E-state index contributed by atoms with van der Waals surface area (Å²) < 4.78 is 36.6. The van der Waals surface area contributed by atoms with Crippen molar-refractivity contribution in [2.24, 2.45) is 35.5 Å². The number of ether oxygens (including phenoxy) is 6. The highest BCUT2D eigenvalue weighted by Crippen LogP contribution is 2.39. The van der Waals surface area contributed by atoms with Crippen molar-refractivity contribution in [3.63, 3.8) is 0 Å². The molecule has 2 saturated heterocycles. The van der Waals surface area contributed by atoms with Crippen LogP contribution in [0.15, 0.2) is 24.5 Å². The number of hydrogen-bond acceptors (Lipinski definition) is 9. The molecule has 1 amide bonds. The fourth-order valence-electron chi connectivity index (χ4n) is 6.09. The summed E-state index contributed by atoms with van der Waals surface area (Å²) >= 11 is 0. The van der Waals surface area contributed by atoms with Crippen LogP contribution >= 0.6 is 0 Å². The zero-order valence-corrected chi connectivity index (χ0v) is 28.4. The second kappa shape index (κ2) is 19.0. The SMILES string of the molecule is CCC1O[C@H](OCC2O[C@H](OCCOCCOCCNC(=O)CCN(C)c3ccncc3)C(C)C(C)[C@@H]2C)C(C)C(C)[C@@H]1C. The third-order valence-electron chi connectivity index (χ3n) is 10.0. The maximum atomic E-state index is 12.1. The lowest BCUT2D eigenvalue weighted by Gasteiger charge is -2.46. The molecule has 0 aromatic carbocycles. The minimum atomic E-state index is -0.296. The summed E-state index contributed by atoms with van der Waals surface area (Å²) in [7, 11) is 1.96. The van der Waals surface area contributed by atoms with Gasteiger partial charge in [0.15, 0.2) is 12.6 Å². The number of rotatable bonds is 18. The van der Waals surface area contributed by atoms with E-state index in [4.69, 9.17) is 28.4 Å². The number of aromatic nitrogens is 1. The molecule has 10 atom stereocenters. The Morgan fingerprint density at radius 2 is 1.36 bits per heavy atom. The van der Waals surface area contributed by atoms with Gasteiger partial charge in [0, 0.05) is 56.5 Å². The predicted octanol–water partition coefficient (Wildman–Crippen LogP) is 4.77. The number of anilines is 1. The molecule has 0 spiro atoms. The van der Waals surface area contributed by atoms with Crippen molar-refractivity contribution in [2.45, 2.75) is 86.1 Å². The molecule has 44 heavy (non-hydrogen) atoms. The van der Waals surface area contributed by atoms with Crippen molar-refractivity contribution >= 4 is 11.6 Å². The van der Waals surface area contributed by atoms with Gasteiger partial charge < -0.3 is 38.6 Å². The molecule has 1 aromatic heterocycles. The molecule has 2 fully saturated rings. The van der Waals surface area contributed by atoms with Crippen molar-refractivity contribution in [3.05, 3.63) is 24.5 Å². The number of pyridine rings is 1. The van der Waals surface area contributed by atoms with Gasteiger partial charge in [-0.1, -0.05) is 48.5 Å². The number of carbonyl (C=O) groups is 1. The Balaban J connectivity index is 1.24. The lowest BCUT2D eigenvalue weighted by atomic mass is 9.78. The molecule has 1 N–H and O–H groups in total. The highest BCUT2D eigenvalue weighted by Gasteiger charge is 2.42. The van der Waals surface area contributed by atoms with Crippen LogP contribution in [0.5, 0.6) is 0 Å². The first kappa shape index (κ1) is 36.6. The zero-order valence-electron chi connectivity index (χ0n) is 28.4. The Labute approximate surface area is 265 Å². The van der Waals surface area contributed by atoms with Crippen LogP contribution in [0.3, 0.4) is 0 Å². The van der Waals surface area contributed by atoms with E-state index in [-0.39, 0.29) is 36.6 Å². The Kier molecular flexibility index (Phi) is 15.8. The first-order chi connectivity index (χ1) is 21.1. The molecule has 2 aliphatic heterocycles. The molecule has 10 nitrogen and oxygen atoms in total. The molecule has 1 aromatic rings. The van der Waals surface area contributed by atoms with E-state index in [1.807, 2.05) is 24.1 Å². The normalized spacial score (nSPS) is 32.4. The van der Waals surface area contributed by atoms with Crippen LogP contribution in [0.2, 0.25) is 0 Å². The van der Waals surface area contributed by atoms with Gasteiger partial charge in [0.25, 0.3) is 0 Å². The van der Waals surface area contributed by atoms with E-state index in [1.165, 1.54) is 0 Å². The van der Waals surface area contributed by atoms with Crippen LogP contribution in [0.25, 0.3) is 0 Å². The maximum absolute atomic E-state index is 12.1. The number of hydrogen-bond donors (Lipinski definition) is 1. The second-order valence-electron chi connectivity index (χ2n) is 12.8. The molecule has 0 radical (unpaired) electrons. The largest absolute Gasteiger partial charge is 0.377 e. The van der Waals surface area contributed by atoms with Crippen molar-refractivity contribution in [3.8, 4) is 0 Å². The topological polar surface area (TPSA) is 101 Å². The lowest BCUT2D eigenvalue weighted by molar-refractivity contribution is -0.290. The van der Waals surface area contributed by atoms with Crippen LogP contribution in [0.4, 0.5) is 5.69 Å². The minimum absolute atomic E-state index is 0.00539. The third-order valence-corrected chi connectivity index (χ3v) is 10.0.